The largest absolute Gasteiger partial charge is 0.416 e. The molecule has 2 aromatic rings. The molecular weight excluding hydrogens is 457 g/mol. The minimum absolute atomic E-state index is 0.0171. The lowest BCUT2D eigenvalue weighted by molar-refractivity contribution is -0.137. The molecule has 4 rings (SSSR count). The van der Waals surface area contributed by atoms with Crippen LogP contribution in [-0.4, -0.2) is 51.9 Å². The summed E-state index contributed by atoms with van der Waals surface area (Å²) in [7, 11) is 0. The summed E-state index contributed by atoms with van der Waals surface area (Å²) in [6, 6.07) is 10.6. The molecule has 1 atom stereocenters. The van der Waals surface area contributed by atoms with Gasteiger partial charge in [0.1, 0.15) is 5.54 Å². The number of amides is 3. The molecule has 1 N–H and O–H groups in total. The molecule has 1 aromatic carbocycles. The second-order valence-corrected chi connectivity index (χ2v) is 9.43. The topological polar surface area (TPSA) is 65.5 Å². The predicted molar refractivity (Wildman–Crippen MR) is 125 cm³/mol. The number of aromatic nitrogens is 1. The fraction of sp³-hybridized carbons (Fsp3) is 0.500. The van der Waals surface area contributed by atoms with E-state index in [0.717, 1.165) is 18.2 Å². The maximum atomic E-state index is 13.6. The van der Waals surface area contributed by atoms with Gasteiger partial charge in [0, 0.05) is 31.4 Å². The van der Waals surface area contributed by atoms with Crippen molar-refractivity contribution in [2.75, 3.05) is 19.6 Å². The van der Waals surface area contributed by atoms with E-state index in [1.807, 2.05) is 25.1 Å². The Hall–Kier alpha value is -2.94. The standard InChI is InChI=1S/C26H31F3N4O2/c1-2-12-25(23(34)33(24(35)31-25)16-11-22-8-3-4-13-30-22)20-9-14-32(15-10-20)18-19-6-5-7-21(17-19)26(27,28)29/h3-8,13,17,20H,2,9-12,14-16,18H2,1H3,(H,31,35)/t25-/m0/s1. The van der Waals surface area contributed by atoms with Crippen LogP contribution in [0.4, 0.5) is 18.0 Å². The molecule has 0 aliphatic carbocycles. The van der Waals surface area contributed by atoms with Gasteiger partial charge in [-0.05, 0) is 62.0 Å². The number of rotatable bonds is 8. The van der Waals surface area contributed by atoms with Crippen molar-refractivity contribution in [2.24, 2.45) is 5.92 Å². The molecule has 0 spiro atoms. The molecule has 1 aromatic heterocycles. The summed E-state index contributed by atoms with van der Waals surface area (Å²) in [5.74, 6) is -0.187. The van der Waals surface area contributed by atoms with E-state index in [0.29, 0.717) is 50.9 Å². The van der Waals surface area contributed by atoms with Gasteiger partial charge < -0.3 is 5.32 Å². The summed E-state index contributed by atoms with van der Waals surface area (Å²) in [5, 5.41) is 3.04. The highest BCUT2D eigenvalue weighted by Crippen LogP contribution is 2.37. The van der Waals surface area contributed by atoms with Crippen molar-refractivity contribution in [1.29, 1.82) is 0 Å². The van der Waals surface area contributed by atoms with Crippen LogP contribution in [0, 0.1) is 5.92 Å². The normalized spacial score (nSPS) is 22.0. The van der Waals surface area contributed by atoms with Crippen LogP contribution in [0.5, 0.6) is 0 Å². The number of imide groups is 1. The molecule has 6 nitrogen and oxygen atoms in total. The van der Waals surface area contributed by atoms with Crippen molar-refractivity contribution >= 4 is 11.9 Å². The fourth-order valence-corrected chi connectivity index (χ4v) is 5.35. The summed E-state index contributed by atoms with van der Waals surface area (Å²) in [6.45, 7) is 4.02. The lowest BCUT2D eigenvalue weighted by Crippen LogP contribution is -2.56. The number of benzene rings is 1. The van der Waals surface area contributed by atoms with Gasteiger partial charge in [0.2, 0.25) is 0 Å². The lowest BCUT2D eigenvalue weighted by Gasteiger charge is -2.41. The van der Waals surface area contributed by atoms with Crippen LogP contribution in [-0.2, 0) is 23.9 Å². The third-order valence-corrected chi connectivity index (χ3v) is 7.11. The smallest absolute Gasteiger partial charge is 0.323 e. The van der Waals surface area contributed by atoms with Gasteiger partial charge in [0.05, 0.1) is 5.56 Å². The first-order valence-corrected chi connectivity index (χ1v) is 12.2. The number of halogens is 3. The van der Waals surface area contributed by atoms with E-state index < -0.39 is 17.3 Å². The second kappa shape index (κ2) is 10.4. The zero-order chi connectivity index (χ0) is 25.1. The summed E-state index contributed by atoms with van der Waals surface area (Å²) in [5.41, 5.74) is -0.119. The molecule has 2 saturated heterocycles. The summed E-state index contributed by atoms with van der Waals surface area (Å²) in [4.78, 5) is 34.1. The van der Waals surface area contributed by atoms with Crippen molar-refractivity contribution in [2.45, 2.75) is 57.3 Å². The molecule has 2 aliphatic heterocycles. The van der Waals surface area contributed by atoms with E-state index in [-0.39, 0.29) is 24.4 Å². The van der Waals surface area contributed by atoms with Crippen LogP contribution in [0.25, 0.3) is 0 Å². The Balaban J connectivity index is 1.40. The first-order valence-electron chi connectivity index (χ1n) is 12.2. The number of hydrogen-bond donors (Lipinski definition) is 1. The number of carbonyl (C=O) groups is 2. The number of nitrogens with one attached hydrogen (secondary N) is 1. The van der Waals surface area contributed by atoms with E-state index in [4.69, 9.17) is 0 Å². The third-order valence-electron chi connectivity index (χ3n) is 7.11. The molecule has 3 amide bonds. The van der Waals surface area contributed by atoms with Crippen LogP contribution in [0.1, 0.15) is 49.4 Å². The van der Waals surface area contributed by atoms with Crippen molar-refractivity contribution < 1.29 is 22.8 Å². The number of hydrogen-bond acceptors (Lipinski definition) is 4. The van der Waals surface area contributed by atoms with Gasteiger partial charge in [-0.1, -0.05) is 37.6 Å². The average Bonchev–Trinajstić information content (AvgIpc) is 3.08. The molecule has 0 saturated carbocycles. The summed E-state index contributed by atoms with van der Waals surface area (Å²) < 4.78 is 39.1. The minimum atomic E-state index is -4.36. The number of piperidine rings is 1. The Labute approximate surface area is 203 Å². The van der Waals surface area contributed by atoms with E-state index in [2.05, 4.69) is 15.2 Å². The van der Waals surface area contributed by atoms with Gasteiger partial charge in [-0.15, -0.1) is 0 Å². The van der Waals surface area contributed by atoms with E-state index >= 15 is 0 Å². The SMILES string of the molecule is CCC[C@@]1(C2CCN(Cc3cccc(C(F)(F)F)c3)CC2)NC(=O)N(CCc2ccccn2)C1=O. The summed E-state index contributed by atoms with van der Waals surface area (Å²) in [6.07, 6.45) is 0.533. The van der Waals surface area contributed by atoms with Crippen molar-refractivity contribution in [3.8, 4) is 0 Å². The van der Waals surface area contributed by atoms with Crippen LogP contribution in [0.2, 0.25) is 0 Å². The number of pyridine rings is 1. The predicted octanol–water partition coefficient (Wildman–Crippen LogP) is 4.65. The number of nitrogens with zero attached hydrogens (tertiary/aromatic N) is 3. The maximum absolute atomic E-state index is 13.6. The Morgan fingerprint density at radius 3 is 2.54 bits per heavy atom. The zero-order valence-electron chi connectivity index (χ0n) is 19.9. The van der Waals surface area contributed by atoms with Gasteiger partial charge in [0.25, 0.3) is 5.91 Å². The quantitative estimate of drug-likeness (QED) is 0.550. The van der Waals surface area contributed by atoms with Crippen LogP contribution in [0.15, 0.2) is 48.7 Å². The molecular formula is C26H31F3N4O2. The highest BCUT2D eigenvalue weighted by atomic mass is 19.4. The molecule has 2 aliphatic rings. The van der Waals surface area contributed by atoms with E-state index in [1.54, 1.807) is 12.3 Å². The fourth-order valence-electron chi connectivity index (χ4n) is 5.35. The number of urea groups is 1. The number of alkyl halides is 3. The Morgan fingerprint density at radius 2 is 1.89 bits per heavy atom. The van der Waals surface area contributed by atoms with Gasteiger partial charge in [0.15, 0.2) is 0 Å². The van der Waals surface area contributed by atoms with Crippen molar-refractivity contribution in [3.63, 3.8) is 0 Å². The van der Waals surface area contributed by atoms with Gasteiger partial charge in [-0.2, -0.15) is 13.2 Å². The zero-order valence-corrected chi connectivity index (χ0v) is 19.9. The lowest BCUT2D eigenvalue weighted by atomic mass is 9.74. The molecule has 9 heteroatoms. The first-order chi connectivity index (χ1) is 16.7. The average molecular weight is 489 g/mol. The summed E-state index contributed by atoms with van der Waals surface area (Å²) >= 11 is 0. The molecule has 0 radical (unpaired) electrons. The van der Waals surface area contributed by atoms with Crippen LogP contribution < -0.4 is 5.32 Å². The molecule has 0 unspecified atom stereocenters. The van der Waals surface area contributed by atoms with Crippen molar-refractivity contribution in [3.05, 3.63) is 65.5 Å². The van der Waals surface area contributed by atoms with Crippen molar-refractivity contribution in [1.82, 2.24) is 20.1 Å². The Kier molecular flexibility index (Phi) is 7.44. The number of likely N-dealkylation sites (tertiary alicyclic amines) is 1. The minimum Gasteiger partial charge on any atom is -0.323 e. The Bertz CT molecular complexity index is 1040. The molecule has 35 heavy (non-hydrogen) atoms. The molecule has 188 valence electrons. The molecule has 2 fully saturated rings. The maximum Gasteiger partial charge on any atom is 0.416 e. The monoisotopic (exact) mass is 488 g/mol. The van der Waals surface area contributed by atoms with E-state index in [1.165, 1.54) is 17.0 Å². The third kappa shape index (κ3) is 5.50. The molecule has 0 bridgehead atoms. The first kappa shape index (κ1) is 25.2. The van der Waals surface area contributed by atoms with Crippen LogP contribution in [0.3, 0.4) is 0 Å². The highest BCUT2D eigenvalue weighted by Gasteiger charge is 2.55. The van der Waals surface area contributed by atoms with E-state index in [9.17, 15) is 22.8 Å². The Morgan fingerprint density at radius 1 is 1.11 bits per heavy atom. The van der Waals surface area contributed by atoms with Crippen LogP contribution >= 0.6 is 0 Å². The van der Waals surface area contributed by atoms with Gasteiger partial charge in [-0.3, -0.25) is 19.6 Å². The van der Waals surface area contributed by atoms with Gasteiger partial charge in [-0.25, -0.2) is 4.79 Å². The molecule has 3 heterocycles. The number of carbonyl (C=O) groups excluding carboxylic acids is 2. The second-order valence-electron chi connectivity index (χ2n) is 9.43. The van der Waals surface area contributed by atoms with Gasteiger partial charge >= 0.3 is 12.2 Å². The highest BCUT2D eigenvalue weighted by molar-refractivity contribution is 6.07.